The van der Waals surface area contributed by atoms with Crippen molar-refractivity contribution >= 4 is 12.1 Å². The van der Waals surface area contributed by atoms with Gasteiger partial charge in [-0.15, -0.1) is 0 Å². The molecule has 0 aliphatic heterocycles. The third kappa shape index (κ3) is 5.05. The molecule has 3 rings (SSSR count). The molecule has 160 valence electrons. The zero-order chi connectivity index (χ0) is 21.9. The molecule has 1 aliphatic rings. The SMILES string of the molecule is CC(CNC(=O)OCC1c2ccccc2-c2ccccc21)C(OC(C)(C)C)C(=O)F. The van der Waals surface area contributed by atoms with Gasteiger partial charge in [0.25, 0.3) is 0 Å². The molecule has 5 nitrogen and oxygen atoms in total. The molecule has 2 aromatic carbocycles. The maximum atomic E-state index is 13.4. The van der Waals surface area contributed by atoms with E-state index in [1.165, 1.54) is 0 Å². The molecule has 0 aromatic heterocycles. The zero-order valence-electron chi connectivity index (χ0n) is 17.8. The Hall–Kier alpha value is -2.73. The van der Waals surface area contributed by atoms with Gasteiger partial charge >= 0.3 is 12.1 Å². The lowest BCUT2D eigenvalue weighted by atomic mass is 9.98. The Bertz CT molecular complexity index is 876. The van der Waals surface area contributed by atoms with Crippen LogP contribution < -0.4 is 5.32 Å². The van der Waals surface area contributed by atoms with Gasteiger partial charge in [0.15, 0.2) is 6.10 Å². The van der Waals surface area contributed by atoms with Crippen LogP contribution in [0.5, 0.6) is 0 Å². The average Bonchev–Trinajstić information content (AvgIpc) is 3.02. The summed E-state index contributed by atoms with van der Waals surface area (Å²) in [7, 11) is 0. The van der Waals surface area contributed by atoms with Crippen LogP contribution in [0.25, 0.3) is 11.1 Å². The van der Waals surface area contributed by atoms with Crippen molar-refractivity contribution in [2.75, 3.05) is 13.2 Å². The lowest BCUT2D eigenvalue weighted by Gasteiger charge is -2.28. The first-order valence-electron chi connectivity index (χ1n) is 10.1. The highest BCUT2D eigenvalue weighted by molar-refractivity contribution is 5.79. The van der Waals surface area contributed by atoms with Crippen LogP contribution in [-0.2, 0) is 14.3 Å². The van der Waals surface area contributed by atoms with Crippen LogP contribution in [0.4, 0.5) is 9.18 Å². The van der Waals surface area contributed by atoms with E-state index in [9.17, 15) is 14.0 Å². The second kappa shape index (κ2) is 8.96. The number of hydrogen-bond acceptors (Lipinski definition) is 4. The first-order valence-corrected chi connectivity index (χ1v) is 10.1. The standard InChI is InChI=1S/C24H28FNO4/c1-15(21(22(25)27)30-24(2,3)4)13-26-23(28)29-14-20-18-11-7-5-9-16(18)17-10-6-8-12-19(17)20/h5-12,15,20-21H,13-14H2,1-4H3,(H,26,28). The number of rotatable bonds is 7. The number of alkyl carbamates (subject to hydrolysis) is 1. The second-order valence-corrected chi connectivity index (χ2v) is 8.64. The summed E-state index contributed by atoms with van der Waals surface area (Å²) in [6.07, 6.45) is -1.84. The number of carbonyl (C=O) groups excluding carboxylic acids is 2. The van der Waals surface area contributed by atoms with Gasteiger partial charge in [0, 0.05) is 18.4 Å². The Morgan fingerprint density at radius 2 is 1.57 bits per heavy atom. The van der Waals surface area contributed by atoms with E-state index in [0.717, 1.165) is 22.3 Å². The number of carbonyl (C=O) groups is 2. The summed E-state index contributed by atoms with van der Waals surface area (Å²) in [6, 6.07) is 14.6. The van der Waals surface area contributed by atoms with Gasteiger partial charge in [-0.1, -0.05) is 55.5 Å². The number of nitrogens with one attached hydrogen (secondary N) is 1. The van der Waals surface area contributed by atoms with Crippen LogP contribution in [0, 0.1) is 5.92 Å². The number of ether oxygens (including phenoxy) is 2. The topological polar surface area (TPSA) is 64.6 Å². The third-order valence-electron chi connectivity index (χ3n) is 5.13. The van der Waals surface area contributed by atoms with Crippen molar-refractivity contribution in [1.82, 2.24) is 5.32 Å². The number of fused-ring (bicyclic) bond motifs is 3. The number of benzene rings is 2. The van der Waals surface area contributed by atoms with Crippen LogP contribution in [0.3, 0.4) is 0 Å². The first kappa shape index (κ1) is 22.0. The number of halogens is 1. The molecule has 0 saturated carbocycles. The van der Waals surface area contributed by atoms with E-state index in [4.69, 9.17) is 9.47 Å². The number of hydrogen-bond donors (Lipinski definition) is 1. The Morgan fingerprint density at radius 3 is 2.07 bits per heavy atom. The molecule has 1 N–H and O–H groups in total. The van der Waals surface area contributed by atoms with Gasteiger partial charge in [-0.05, 0) is 43.0 Å². The molecule has 2 aromatic rings. The molecule has 0 fully saturated rings. The normalized spacial score (nSPS) is 15.1. The minimum absolute atomic E-state index is 0.0371. The maximum absolute atomic E-state index is 13.4. The highest BCUT2D eigenvalue weighted by Gasteiger charge is 2.32. The summed E-state index contributed by atoms with van der Waals surface area (Å²) in [5, 5.41) is 2.62. The largest absolute Gasteiger partial charge is 0.449 e. The predicted octanol–water partition coefficient (Wildman–Crippen LogP) is 4.84. The van der Waals surface area contributed by atoms with E-state index in [2.05, 4.69) is 17.4 Å². The van der Waals surface area contributed by atoms with Gasteiger partial charge in [0.2, 0.25) is 0 Å². The molecule has 2 atom stereocenters. The van der Waals surface area contributed by atoms with E-state index in [1.807, 2.05) is 36.4 Å². The van der Waals surface area contributed by atoms with Gasteiger partial charge < -0.3 is 14.8 Å². The molecule has 0 heterocycles. The molecular formula is C24H28FNO4. The van der Waals surface area contributed by atoms with Crippen molar-refractivity contribution in [3.05, 3.63) is 59.7 Å². The van der Waals surface area contributed by atoms with Crippen LogP contribution in [0.15, 0.2) is 48.5 Å². The van der Waals surface area contributed by atoms with Gasteiger partial charge in [-0.2, -0.15) is 4.39 Å². The second-order valence-electron chi connectivity index (χ2n) is 8.64. The quantitative estimate of drug-likeness (QED) is 0.660. The van der Waals surface area contributed by atoms with Crippen LogP contribution in [-0.4, -0.2) is 37.0 Å². The van der Waals surface area contributed by atoms with Gasteiger partial charge in [-0.3, -0.25) is 4.79 Å². The van der Waals surface area contributed by atoms with Crippen LogP contribution in [0.2, 0.25) is 0 Å². The summed E-state index contributed by atoms with van der Waals surface area (Å²) < 4.78 is 24.4. The van der Waals surface area contributed by atoms with E-state index in [-0.39, 0.29) is 19.1 Å². The lowest BCUT2D eigenvalue weighted by molar-refractivity contribution is -0.156. The summed E-state index contributed by atoms with van der Waals surface area (Å²) in [5.74, 6) is -0.577. The van der Waals surface area contributed by atoms with Crippen molar-refractivity contribution in [3.8, 4) is 11.1 Å². The third-order valence-corrected chi connectivity index (χ3v) is 5.13. The molecule has 1 aliphatic carbocycles. The molecular weight excluding hydrogens is 385 g/mol. The molecule has 0 spiro atoms. The number of amides is 1. The smallest absolute Gasteiger partial charge is 0.407 e. The monoisotopic (exact) mass is 413 g/mol. The minimum atomic E-state index is -1.55. The van der Waals surface area contributed by atoms with Crippen molar-refractivity contribution in [3.63, 3.8) is 0 Å². The fourth-order valence-electron chi connectivity index (χ4n) is 3.77. The van der Waals surface area contributed by atoms with Crippen molar-refractivity contribution in [2.24, 2.45) is 5.92 Å². The molecule has 0 radical (unpaired) electrons. The fraction of sp³-hybridized carbons (Fsp3) is 0.417. The van der Waals surface area contributed by atoms with E-state index in [0.29, 0.717) is 0 Å². The molecule has 2 unspecified atom stereocenters. The minimum Gasteiger partial charge on any atom is -0.449 e. The van der Waals surface area contributed by atoms with E-state index >= 15 is 0 Å². The molecule has 6 heteroatoms. The Balaban J connectivity index is 1.58. The highest BCUT2D eigenvalue weighted by atomic mass is 19.1. The average molecular weight is 413 g/mol. The summed E-state index contributed by atoms with van der Waals surface area (Å²) in [5.41, 5.74) is 3.88. The molecule has 0 saturated heterocycles. The molecule has 1 amide bonds. The van der Waals surface area contributed by atoms with Crippen molar-refractivity contribution in [2.45, 2.75) is 45.3 Å². The Morgan fingerprint density at radius 1 is 1.03 bits per heavy atom. The highest BCUT2D eigenvalue weighted by Crippen LogP contribution is 2.44. The molecule has 0 bridgehead atoms. The van der Waals surface area contributed by atoms with Gasteiger partial charge in [-0.25, -0.2) is 4.79 Å². The summed E-state index contributed by atoms with van der Waals surface area (Å²) in [6.45, 7) is 7.14. The molecule has 30 heavy (non-hydrogen) atoms. The van der Waals surface area contributed by atoms with Crippen molar-refractivity contribution < 1.29 is 23.5 Å². The van der Waals surface area contributed by atoms with E-state index in [1.54, 1.807) is 27.7 Å². The lowest BCUT2D eigenvalue weighted by Crippen LogP contribution is -2.41. The van der Waals surface area contributed by atoms with Gasteiger partial charge in [0.1, 0.15) is 6.61 Å². The fourth-order valence-corrected chi connectivity index (χ4v) is 3.77. The maximum Gasteiger partial charge on any atom is 0.407 e. The Labute approximate surface area is 176 Å². The Kier molecular flexibility index (Phi) is 6.56. The zero-order valence-corrected chi connectivity index (χ0v) is 17.8. The van der Waals surface area contributed by atoms with Gasteiger partial charge in [0.05, 0.1) is 5.60 Å². The van der Waals surface area contributed by atoms with Crippen LogP contribution >= 0.6 is 0 Å². The first-order chi connectivity index (χ1) is 14.2. The van der Waals surface area contributed by atoms with Crippen molar-refractivity contribution in [1.29, 1.82) is 0 Å². The summed E-state index contributed by atoms with van der Waals surface area (Å²) in [4.78, 5) is 23.6. The van der Waals surface area contributed by atoms with Crippen LogP contribution in [0.1, 0.15) is 44.7 Å². The van der Waals surface area contributed by atoms with E-state index < -0.39 is 29.8 Å². The predicted molar refractivity (Wildman–Crippen MR) is 113 cm³/mol. The summed E-state index contributed by atoms with van der Waals surface area (Å²) >= 11 is 0.